The number of hydrogen-bond acceptors (Lipinski definition) is 5. The van der Waals surface area contributed by atoms with E-state index in [-0.39, 0.29) is 12.5 Å². The fourth-order valence-electron chi connectivity index (χ4n) is 1.57. The van der Waals surface area contributed by atoms with Crippen LogP contribution in [0.2, 0.25) is 0 Å². The van der Waals surface area contributed by atoms with E-state index in [0.29, 0.717) is 17.4 Å². The number of aryl methyl sites for hydroxylation is 3. The Morgan fingerprint density at radius 2 is 2.33 bits per heavy atom. The molecular weight excluding hydrogens is 234 g/mol. The van der Waals surface area contributed by atoms with Crippen molar-refractivity contribution in [1.29, 1.82) is 0 Å². The Morgan fingerprint density at radius 3 is 2.89 bits per heavy atom. The third-order valence-electron chi connectivity index (χ3n) is 2.50. The van der Waals surface area contributed by atoms with Crippen LogP contribution < -0.4 is 5.32 Å². The summed E-state index contributed by atoms with van der Waals surface area (Å²) >= 11 is 0. The van der Waals surface area contributed by atoms with Crippen molar-refractivity contribution in [3.63, 3.8) is 0 Å². The summed E-state index contributed by atoms with van der Waals surface area (Å²) in [6.45, 7) is 3.93. The van der Waals surface area contributed by atoms with Crippen LogP contribution in [0.25, 0.3) is 0 Å². The Labute approximate surface area is 104 Å². The van der Waals surface area contributed by atoms with Gasteiger partial charge in [-0.1, -0.05) is 12.1 Å². The van der Waals surface area contributed by atoms with E-state index in [1.54, 1.807) is 24.7 Å². The van der Waals surface area contributed by atoms with Crippen LogP contribution in [0.3, 0.4) is 0 Å². The van der Waals surface area contributed by atoms with Crippen molar-refractivity contribution in [2.75, 3.05) is 0 Å². The Kier molecular flexibility index (Phi) is 3.40. The van der Waals surface area contributed by atoms with E-state index < -0.39 is 0 Å². The summed E-state index contributed by atoms with van der Waals surface area (Å²) in [7, 11) is 1.74. The van der Waals surface area contributed by atoms with Gasteiger partial charge >= 0.3 is 0 Å². The molecule has 0 bridgehead atoms. The molecular formula is C11H15N5O2. The fraction of sp³-hybridized carbons (Fsp3) is 0.455. The first kappa shape index (κ1) is 12.3. The Morgan fingerprint density at radius 1 is 1.56 bits per heavy atom. The van der Waals surface area contributed by atoms with Gasteiger partial charge in [0.25, 0.3) is 5.91 Å². The van der Waals surface area contributed by atoms with Crippen molar-refractivity contribution in [1.82, 2.24) is 25.2 Å². The molecule has 0 aliphatic carbocycles. The maximum Gasteiger partial charge on any atom is 0.269 e. The number of nitrogens with one attached hydrogen (secondary N) is 1. The third-order valence-corrected chi connectivity index (χ3v) is 2.50. The lowest BCUT2D eigenvalue weighted by Crippen LogP contribution is -2.25. The van der Waals surface area contributed by atoms with Gasteiger partial charge in [0.2, 0.25) is 5.89 Å². The first-order valence-electron chi connectivity index (χ1n) is 5.70. The van der Waals surface area contributed by atoms with E-state index >= 15 is 0 Å². The van der Waals surface area contributed by atoms with E-state index in [2.05, 4.69) is 20.6 Å². The van der Waals surface area contributed by atoms with Crippen LogP contribution in [0, 0.1) is 6.92 Å². The van der Waals surface area contributed by atoms with Crippen molar-refractivity contribution in [2.45, 2.75) is 26.8 Å². The molecule has 7 nitrogen and oxygen atoms in total. The summed E-state index contributed by atoms with van der Waals surface area (Å²) in [6, 6.07) is 1.77. The van der Waals surface area contributed by atoms with Gasteiger partial charge in [-0.05, 0) is 12.5 Å². The van der Waals surface area contributed by atoms with Gasteiger partial charge in [-0.25, -0.2) is 0 Å². The van der Waals surface area contributed by atoms with Gasteiger partial charge in [0.05, 0.1) is 12.2 Å². The normalized spacial score (nSPS) is 10.6. The van der Waals surface area contributed by atoms with Crippen molar-refractivity contribution in [3.8, 4) is 0 Å². The van der Waals surface area contributed by atoms with Gasteiger partial charge in [-0.3, -0.25) is 9.48 Å². The SMILES string of the molecule is CCc1cc(C(=O)NCc2noc(C)n2)n(C)n1. The fourth-order valence-corrected chi connectivity index (χ4v) is 1.57. The minimum absolute atomic E-state index is 0.202. The van der Waals surface area contributed by atoms with E-state index in [4.69, 9.17) is 4.52 Å². The molecule has 0 radical (unpaired) electrons. The summed E-state index contributed by atoms with van der Waals surface area (Å²) in [5, 5.41) is 10.6. The molecule has 7 heteroatoms. The van der Waals surface area contributed by atoms with E-state index in [0.717, 1.165) is 12.1 Å². The summed E-state index contributed by atoms with van der Waals surface area (Å²) in [5.74, 6) is 0.735. The van der Waals surface area contributed by atoms with Gasteiger partial charge in [0.1, 0.15) is 5.69 Å². The van der Waals surface area contributed by atoms with Crippen LogP contribution in [-0.2, 0) is 20.0 Å². The van der Waals surface area contributed by atoms with Gasteiger partial charge in [-0.2, -0.15) is 10.1 Å². The second-order valence-electron chi connectivity index (χ2n) is 3.91. The van der Waals surface area contributed by atoms with Gasteiger partial charge in [0, 0.05) is 14.0 Å². The lowest BCUT2D eigenvalue weighted by atomic mass is 10.3. The van der Waals surface area contributed by atoms with Crippen LogP contribution in [0.1, 0.15) is 34.8 Å². The Bertz CT molecular complexity index is 558. The van der Waals surface area contributed by atoms with E-state index in [9.17, 15) is 4.79 Å². The molecule has 1 N–H and O–H groups in total. The van der Waals surface area contributed by atoms with E-state index in [1.807, 2.05) is 6.92 Å². The average Bonchev–Trinajstić information content (AvgIpc) is 2.92. The number of rotatable bonds is 4. The zero-order chi connectivity index (χ0) is 13.1. The standard InChI is InChI=1S/C11H15N5O2/c1-4-8-5-9(16(3)14-8)11(17)12-6-10-13-7(2)18-15-10/h5H,4,6H2,1-3H3,(H,12,17). The highest BCUT2D eigenvalue weighted by molar-refractivity contribution is 5.92. The molecule has 2 aromatic rings. The highest BCUT2D eigenvalue weighted by atomic mass is 16.5. The lowest BCUT2D eigenvalue weighted by molar-refractivity contribution is 0.0940. The van der Waals surface area contributed by atoms with Crippen LogP contribution in [0.5, 0.6) is 0 Å². The summed E-state index contributed by atoms with van der Waals surface area (Å²) in [5.41, 5.74) is 1.41. The summed E-state index contributed by atoms with van der Waals surface area (Å²) in [4.78, 5) is 15.9. The van der Waals surface area contributed by atoms with Crippen molar-refractivity contribution < 1.29 is 9.32 Å². The van der Waals surface area contributed by atoms with Crippen molar-refractivity contribution >= 4 is 5.91 Å². The van der Waals surface area contributed by atoms with Crippen LogP contribution in [0.4, 0.5) is 0 Å². The van der Waals surface area contributed by atoms with Gasteiger partial charge in [-0.15, -0.1) is 0 Å². The topological polar surface area (TPSA) is 85.8 Å². The maximum absolute atomic E-state index is 11.9. The van der Waals surface area contributed by atoms with Crippen molar-refractivity contribution in [3.05, 3.63) is 29.2 Å². The molecule has 0 spiro atoms. The number of nitrogens with zero attached hydrogens (tertiary/aromatic N) is 4. The summed E-state index contributed by atoms with van der Waals surface area (Å²) in [6.07, 6.45) is 0.797. The van der Waals surface area contributed by atoms with Gasteiger partial charge in [0.15, 0.2) is 5.82 Å². The number of hydrogen-bond donors (Lipinski definition) is 1. The Hall–Kier alpha value is -2.18. The molecule has 0 unspecified atom stereocenters. The molecule has 18 heavy (non-hydrogen) atoms. The monoisotopic (exact) mass is 249 g/mol. The smallest absolute Gasteiger partial charge is 0.269 e. The predicted octanol–water partition coefficient (Wildman–Crippen LogP) is 0.604. The lowest BCUT2D eigenvalue weighted by Gasteiger charge is -2.01. The van der Waals surface area contributed by atoms with Crippen LogP contribution >= 0.6 is 0 Å². The molecule has 0 aliphatic rings. The number of aromatic nitrogens is 4. The number of carbonyl (C=O) groups is 1. The first-order valence-corrected chi connectivity index (χ1v) is 5.70. The third kappa shape index (κ3) is 2.55. The molecule has 2 rings (SSSR count). The van der Waals surface area contributed by atoms with Crippen LogP contribution in [0.15, 0.2) is 10.6 Å². The highest BCUT2D eigenvalue weighted by Crippen LogP contribution is 2.04. The first-order chi connectivity index (χ1) is 8.60. The average molecular weight is 249 g/mol. The molecule has 0 aliphatic heterocycles. The molecule has 0 fully saturated rings. The highest BCUT2D eigenvalue weighted by Gasteiger charge is 2.13. The molecule has 2 aromatic heterocycles. The largest absolute Gasteiger partial charge is 0.343 e. The van der Waals surface area contributed by atoms with E-state index in [1.165, 1.54) is 0 Å². The zero-order valence-corrected chi connectivity index (χ0v) is 10.6. The molecule has 0 atom stereocenters. The number of carbonyl (C=O) groups excluding carboxylic acids is 1. The minimum atomic E-state index is -0.202. The summed E-state index contributed by atoms with van der Waals surface area (Å²) < 4.78 is 6.38. The maximum atomic E-state index is 11.9. The number of amides is 1. The van der Waals surface area contributed by atoms with Crippen molar-refractivity contribution in [2.24, 2.45) is 7.05 Å². The molecule has 0 saturated carbocycles. The zero-order valence-electron chi connectivity index (χ0n) is 10.6. The van der Waals surface area contributed by atoms with Gasteiger partial charge < -0.3 is 9.84 Å². The Balaban J connectivity index is 2.01. The second-order valence-corrected chi connectivity index (χ2v) is 3.91. The minimum Gasteiger partial charge on any atom is -0.343 e. The van der Waals surface area contributed by atoms with Crippen LogP contribution in [-0.4, -0.2) is 25.8 Å². The molecule has 0 aromatic carbocycles. The second kappa shape index (κ2) is 4.99. The molecule has 1 amide bonds. The molecule has 0 saturated heterocycles. The molecule has 2 heterocycles. The molecule has 96 valence electrons. The quantitative estimate of drug-likeness (QED) is 0.857. The predicted molar refractivity (Wildman–Crippen MR) is 62.8 cm³/mol.